The van der Waals surface area contributed by atoms with Crippen LogP contribution in [-0.4, -0.2) is 35.4 Å². The lowest BCUT2D eigenvalue weighted by Crippen LogP contribution is -2.29. The van der Waals surface area contributed by atoms with Gasteiger partial charge in [-0.25, -0.2) is 4.68 Å². The molecule has 26 heavy (non-hydrogen) atoms. The molecule has 142 valence electrons. The standard InChI is InChI=1S/C19H26N4O2.ClH/c1-13-12-21-23(19(13)22-18(24)10-15(11-20)25-2)17-9-5-7-14-6-3-4-8-16(14)17;/h3-4,6,8,12,15,17H,5,7,9-11,20H2,1-2H3,(H,22,24);1H. The maximum absolute atomic E-state index is 12.4. The number of rotatable bonds is 6. The van der Waals surface area contributed by atoms with Crippen LogP contribution < -0.4 is 11.1 Å². The number of nitrogens with zero attached hydrogens (tertiary/aromatic N) is 2. The molecule has 1 amide bonds. The van der Waals surface area contributed by atoms with Crippen molar-refractivity contribution in [1.29, 1.82) is 0 Å². The van der Waals surface area contributed by atoms with Crippen LogP contribution in [0.5, 0.6) is 0 Å². The highest BCUT2D eigenvalue weighted by molar-refractivity contribution is 5.91. The van der Waals surface area contributed by atoms with E-state index in [0.717, 1.165) is 30.6 Å². The monoisotopic (exact) mass is 378 g/mol. The van der Waals surface area contributed by atoms with E-state index < -0.39 is 0 Å². The molecular formula is C19H27ClN4O2. The largest absolute Gasteiger partial charge is 0.380 e. The number of aryl methyl sites for hydroxylation is 2. The van der Waals surface area contributed by atoms with Gasteiger partial charge in [-0.2, -0.15) is 5.10 Å². The van der Waals surface area contributed by atoms with Gasteiger partial charge in [-0.05, 0) is 37.3 Å². The maximum atomic E-state index is 12.4. The highest BCUT2D eigenvalue weighted by Crippen LogP contribution is 2.35. The van der Waals surface area contributed by atoms with E-state index in [1.165, 1.54) is 11.1 Å². The predicted molar refractivity (Wildman–Crippen MR) is 105 cm³/mol. The molecule has 2 unspecified atom stereocenters. The van der Waals surface area contributed by atoms with Crippen molar-refractivity contribution in [3.63, 3.8) is 0 Å². The van der Waals surface area contributed by atoms with Crippen molar-refractivity contribution in [3.8, 4) is 0 Å². The molecule has 0 radical (unpaired) electrons. The third kappa shape index (κ3) is 4.26. The normalized spacial score (nSPS) is 17.1. The van der Waals surface area contributed by atoms with Gasteiger partial charge in [-0.3, -0.25) is 4.79 Å². The summed E-state index contributed by atoms with van der Waals surface area (Å²) in [7, 11) is 1.57. The van der Waals surface area contributed by atoms with Crippen LogP contribution in [-0.2, 0) is 16.0 Å². The Hall–Kier alpha value is -1.89. The van der Waals surface area contributed by atoms with Gasteiger partial charge in [0.15, 0.2) is 0 Å². The molecule has 1 aliphatic rings. The maximum Gasteiger partial charge on any atom is 0.228 e. The quantitative estimate of drug-likeness (QED) is 0.809. The number of aromatic nitrogens is 2. The molecule has 1 aromatic heterocycles. The van der Waals surface area contributed by atoms with E-state index in [1.807, 2.05) is 17.8 Å². The topological polar surface area (TPSA) is 82.2 Å². The average molecular weight is 379 g/mol. The first-order valence-corrected chi connectivity index (χ1v) is 8.78. The molecule has 6 nitrogen and oxygen atoms in total. The molecule has 3 N–H and O–H groups in total. The Morgan fingerprint density at radius 3 is 2.96 bits per heavy atom. The van der Waals surface area contributed by atoms with Gasteiger partial charge in [-0.15, -0.1) is 12.4 Å². The van der Waals surface area contributed by atoms with Crippen molar-refractivity contribution in [2.24, 2.45) is 5.73 Å². The zero-order valence-electron chi connectivity index (χ0n) is 15.3. The molecule has 0 bridgehead atoms. The summed E-state index contributed by atoms with van der Waals surface area (Å²) < 4.78 is 7.16. The molecule has 1 aromatic carbocycles. The number of carbonyl (C=O) groups excluding carboxylic acids is 1. The van der Waals surface area contributed by atoms with Gasteiger partial charge in [-0.1, -0.05) is 24.3 Å². The predicted octanol–water partition coefficient (Wildman–Crippen LogP) is 2.84. The smallest absolute Gasteiger partial charge is 0.228 e. The fourth-order valence-corrected chi connectivity index (χ4v) is 3.48. The highest BCUT2D eigenvalue weighted by Gasteiger charge is 2.25. The van der Waals surface area contributed by atoms with Gasteiger partial charge in [0.2, 0.25) is 5.91 Å². The van der Waals surface area contributed by atoms with Crippen LogP contribution in [0.25, 0.3) is 0 Å². The van der Waals surface area contributed by atoms with Crippen molar-refractivity contribution in [2.45, 2.75) is 44.8 Å². The zero-order valence-corrected chi connectivity index (χ0v) is 16.1. The summed E-state index contributed by atoms with van der Waals surface area (Å²) in [6.07, 6.45) is 5.01. The first kappa shape index (κ1) is 20.4. The number of nitrogens with two attached hydrogens (primary N) is 1. The van der Waals surface area contributed by atoms with Gasteiger partial charge in [0.25, 0.3) is 0 Å². The van der Waals surface area contributed by atoms with Crippen molar-refractivity contribution < 1.29 is 9.53 Å². The van der Waals surface area contributed by atoms with Gasteiger partial charge in [0.05, 0.1) is 24.8 Å². The number of ether oxygens (including phenoxy) is 1. The third-order valence-corrected chi connectivity index (χ3v) is 4.88. The van der Waals surface area contributed by atoms with E-state index in [0.29, 0.717) is 6.54 Å². The van der Waals surface area contributed by atoms with Gasteiger partial charge in [0, 0.05) is 19.2 Å². The number of fused-ring (bicyclic) bond motifs is 1. The summed E-state index contributed by atoms with van der Waals surface area (Å²) in [4.78, 5) is 12.4. The minimum Gasteiger partial charge on any atom is -0.380 e. The molecule has 1 aliphatic carbocycles. The van der Waals surface area contributed by atoms with Crippen molar-refractivity contribution in [1.82, 2.24) is 9.78 Å². The van der Waals surface area contributed by atoms with Crippen LogP contribution in [0.1, 0.15) is 42.0 Å². The highest BCUT2D eigenvalue weighted by atomic mass is 35.5. The van der Waals surface area contributed by atoms with E-state index >= 15 is 0 Å². The first-order valence-electron chi connectivity index (χ1n) is 8.78. The van der Waals surface area contributed by atoms with Crippen LogP contribution in [0.15, 0.2) is 30.5 Å². The molecule has 0 saturated carbocycles. The molecule has 2 atom stereocenters. The Morgan fingerprint density at radius 2 is 2.23 bits per heavy atom. The second-order valence-electron chi connectivity index (χ2n) is 6.57. The second-order valence-corrected chi connectivity index (χ2v) is 6.57. The Morgan fingerprint density at radius 1 is 1.46 bits per heavy atom. The second kappa shape index (κ2) is 9.16. The number of hydrogen-bond acceptors (Lipinski definition) is 4. The molecule has 2 aromatic rings. The molecule has 1 heterocycles. The number of anilines is 1. The van der Waals surface area contributed by atoms with Gasteiger partial charge in [0.1, 0.15) is 5.82 Å². The lowest BCUT2D eigenvalue weighted by atomic mass is 9.88. The minimum absolute atomic E-state index is 0. The lowest BCUT2D eigenvalue weighted by molar-refractivity contribution is -0.118. The number of methoxy groups -OCH3 is 1. The molecule has 0 spiro atoms. The van der Waals surface area contributed by atoms with E-state index in [-0.39, 0.29) is 36.9 Å². The van der Waals surface area contributed by atoms with Crippen molar-refractivity contribution in [2.75, 3.05) is 19.0 Å². The van der Waals surface area contributed by atoms with Crippen molar-refractivity contribution in [3.05, 3.63) is 47.2 Å². The summed E-state index contributed by atoms with van der Waals surface area (Å²) in [5.74, 6) is 0.657. The Kier molecular flexibility index (Phi) is 7.20. The molecule has 7 heteroatoms. The molecular weight excluding hydrogens is 352 g/mol. The fourth-order valence-electron chi connectivity index (χ4n) is 3.48. The number of hydrogen-bond donors (Lipinski definition) is 2. The molecule has 3 rings (SSSR count). The van der Waals surface area contributed by atoms with Crippen LogP contribution in [0.2, 0.25) is 0 Å². The van der Waals surface area contributed by atoms with E-state index in [1.54, 1.807) is 7.11 Å². The molecule has 0 fully saturated rings. The SMILES string of the molecule is COC(CN)CC(=O)Nc1c(C)cnn1C1CCCc2ccccc21.Cl. The zero-order chi connectivity index (χ0) is 17.8. The van der Waals surface area contributed by atoms with Crippen LogP contribution in [0.3, 0.4) is 0 Å². The van der Waals surface area contributed by atoms with Crippen molar-refractivity contribution >= 4 is 24.1 Å². The van der Waals surface area contributed by atoms with Crippen LogP contribution >= 0.6 is 12.4 Å². The minimum atomic E-state index is -0.271. The first-order chi connectivity index (χ1) is 12.1. The average Bonchev–Trinajstić information content (AvgIpc) is 2.99. The molecule has 0 saturated heterocycles. The lowest BCUT2D eigenvalue weighted by Gasteiger charge is -2.27. The number of amides is 1. The summed E-state index contributed by atoms with van der Waals surface area (Å²) in [6, 6.07) is 8.64. The number of halogens is 1. The summed E-state index contributed by atoms with van der Waals surface area (Å²) in [6.45, 7) is 2.28. The van der Waals surface area contributed by atoms with E-state index in [2.05, 4.69) is 34.7 Å². The number of benzene rings is 1. The third-order valence-electron chi connectivity index (χ3n) is 4.88. The van der Waals surface area contributed by atoms with Crippen LogP contribution in [0.4, 0.5) is 5.82 Å². The van der Waals surface area contributed by atoms with E-state index in [9.17, 15) is 4.79 Å². The summed E-state index contributed by atoms with van der Waals surface area (Å²) >= 11 is 0. The van der Waals surface area contributed by atoms with E-state index in [4.69, 9.17) is 10.5 Å². The Bertz CT molecular complexity index is 743. The fraction of sp³-hybridized carbons (Fsp3) is 0.474. The number of nitrogens with one attached hydrogen (secondary N) is 1. The molecule has 0 aliphatic heterocycles. The van der Waals surface area contributed by atoms with Gasteiger partial charge < -0.3 is 15.8 Å². The Balaban J connectivity index is 0.00000243. The van der Waals surface area contributed by atoms with Crippen LogP contribution in [0, 0.1) is 6.92 Å². The summed E-state index contributed by atoms with van der Waals surface area (Å²) in [5, 5.41) is 7.57. The Labute approximate surface area is 160 Å². The van der Waals surface area contributed by atoms with Gasteiger partial charge >= 0.3 is 0 Å². The summed E-state index contributed by atoms with van der Waals surface area (Å²) in [5.41, 5.74) is 9.23. The number of carbonyl (C=O) groups is 1.